The van der Waals surface area contributed by atoms with Gasteiger partial charge in [0.05, 0.1) is 0 Å². The van der Waals surface area contributed by atoms with Crippen molar-refractivity contribution >= 4 is 11.9 Å². The Balaban J connectivity index is 0.00000128. The van der Waals surface area contributed by atoms with Crippen LogP contribution in [0.4, 0.5) is 0 Å². The molecule has 1 saturated carbocycles. The van der Waals surface area contributed by atoms with Crippen LogP contribution in [0.2, 0.25) is 0 Å². The number of allylic oxidation sites excluding steroid dienone is 1. The van der Waals surface area contributed by atoms with Crippen LogP contribution < -0.4 is 6.15 Å². The highest BCUT2D eigenvalue weighted by molar-refractivity contribution is 5.85. The molecule has 2 rings (SSSR count). The summed E-state index contributed by atoms with van der Waals surface area (Å²) in [6.45, 7) is 2.02. The Morgan fingerprint density at radius 1 is 1.19 bits per heavy atom. The summed E-state index contributed by atoms with van der Waals surface area (Å²) in [7, 11) is 0. The summed E-state index contributed by atoms with van der Waals surface area (Å²) in [4.78, 5) is 11.6. The number of hydrogen-bond acceptors (Lipinski definition) is 2. The first-order valence-corrected chi connectivity index (χ1v) is 5.55. The number of carbonyl (C=O) groups excluding carboxylic acids is 1. The van der Waals surface area contributed by atoms with Gasteiger partial charge in [-0.25, -0.2) is 0 Å². The highest BCUT2D eigenvalue weighted by atomic mass is 16.1. The summed E-state index contributed by atoms with van der Waals surface area (Å²) in [6, 6.07) is 10.2. The number of ketones is 1. The molecule has 1 aromatic carbocycles. The zero-order valence-electron chi connectivity index (χ0n) is 9.78. The molecule has 1 aliphatic carbocycles. The first kappa shape index (κ1) is 12.7. The zero-order valence-corrected chi connectivity index (χ0v) is 9.78. The van der Waals surface area contributed by atoms with Gasteiger partial charge >= 0.3 is 0 Å². The molecule has 3 N–H and O–H groups in total. The first-order chi connectivity index (χ1) is 7.27. The van der Waals surface area contributed by atoms with Gasteiger partial charge in [0, 0.05) is 12.3 Å². The van der Waals surface area contributed by atoms with Crippen molar-refractivity contribution in [3.8, 4) is 0 Å². The number of Topliss-reactive ketones (excluding diaryl/α,β-unsaturated/α-hetero) is 1. The van der Waals surface area contributed by atoms with Crippen molar-refractivity contribution in [3.05, 3.63) is 41.5 Å². The van der Waals surface area contributed by atoms with Gasteiger partial charge in [-0.15, -0.1) is 0 Å². The van der Waals surface area contributed by atoms with E-state index in [1.165, 1.54) is 11.1 Å². The first-order valence-electron chi connectivity index (χ1n) is 5.55. The van der Waals surface area contributed by atoms with Crippen LogP contribution in [-0.4, -0.2) is 5.78 Å². The molecule has 86 valence electrons. The summed E-state index contributed by atoms with van der Waals surface area (Å²) in [5.74, 6) is 0.516. The molecule has 1 fully saturated rings. The van der Waals surface area contributed by atoms with Crippen molar-refractivity contribution in [2.75, 3.05) is 0 Å². The molecule has 0 aromatic heterocycles. The molecule has 0 bridgehead atoms. The van der Waals surface area contributed by atoms with Gasteiger partial charge in [0.1, 0.15) is 5.78 Å². The Bertz CT molecular complexity index is 381. The quantitative estimate of drug-likeness (QED) is 0.781. The van der Waals surface area contributed by atoms with Crippen LogP contribution in [0.3, 0.4) is 0 Å². The van der Waals surface area contributed by atoms with Crippen molar-refractivity contribution < 1.29 is 4.79 Å². The summed E-state index contributed by atoms with van der Waals surface area (Å²) in [6.07, 6.45) is 5.01. The van der Waals surface area contributed by atoms with Crippen molar-refractivity contribution in [2.45, 2.75) is 26.2 Å². The van der Waals surface area contributed by atoms with E-state index in [2.05, 4.69) is 18.2 Å². The maximum atomic E-state index is 11.6. The molecule has 1 atom stereocenters. The number of rotatable bonds is 1. The average Bonchev–Trinajstić information content (AvgIpc) is 2.26. The third kappa shape index (κ3) is 2.80. The van der Waals surface area contributed by atoms with E-state index in [1.807, 2.05) is 25.1 Å². The molecule has 1 aliphatic rings. The molecular formula is C14H19NO. The van der Waals surface area contributed by atoms with Gasteiger partial charge in [0.15, 0.2) is 0 Å². The third-order valence-electron chi connectivity index (χ3n) is 3.08. The van der Waals surface area contributed by atoms with E-state index in [4.69, 9.17) is 0 Å². The molecule has 1 aromatic rings. The molecule has 2 heteroatoms. The van der Waals surface area contributed by atoms with E-state index in [1.54, 1.807) is 0 Å². The number of carbonyl (C=O) groups is 1. The van der Waals surface area contributed by atoms with Crippen molar-refractivity contribution in [3.63, 3.8) is 0 Å². The molecule has 0 spiro atoms. The monoisotopic (exact) mass is 217 g/mol. The van der Waals surface area contributed by atoms with Crippen LogP contribution in [0.5, 0.6) is 0 Å². The lowest BCUT2D eigenvalue weighted by Gasteiger charge is -2.20. The fraction of sp³-hybridized carbons (Fsp3) is 0.357. The van der Waals surface area contributed by atoms with E-state index in [0.717, 1.165) is 19.3 Å². The third-order valence-corrected chi connectivity index (χ3v) is 3.08. The van der Waals surface area contributed by atoms with E-state index >= 15 is 0 Å². The Labute approximate surface area is 97.0 Å². The van der Waals surface area contributed by atoms with E-state index < -0.39 is 0 Å². The molecule has 16 heavy (non-hydrogen) atoms. The summed E-state index contributed by atoms with van der Waals surface area (Å²) >= 11 is 0. The zero-order chi connectivity index (χ0) is 10.7. The van der Waals surface area contributed by atoms with Gasteiger partial charge in [0.2, 0.25) is 0 Å². The number of benzene rings is 1. The van der Waals surface area contributed by atoms with Crippen LogP contribution >= 0.6 is 0 Å². The molecule has 0 heterocycles. The van der Waals surface area contributed by atoms with E-state index in [-0.39, 0.29) is 12.1 Å². The van der Waals surface area contributed by atoms with E-state index in [9.17, 15) is 4.79 Å². The molecule has 0 saturated heterocycles. The summed E-state index contributed by atoms with van der Waals surface area (Å²) < 4.78 is 0. The minimum absolute atomic E-state index is 0. The maximum Gasteiger partial charge on any atom is 0.139 e. The molecule has 0 aliphatic heterocycles. The molecular weight excluding hydrogens is 198 g/mol. The van der Waals surface area contributed by atoms with Crippen molar-refractivity contribution in [2.24, 2.45) is 5.92 Å². The fourth-order valence-corrected chi connectivity index (χ4v) is 2.07. The number of hydrogen-bond donors (Lipinski definition) is 1. The lowest BCUT2D eigenvalue weighted by molar-refractivity contribution is -0.122. The smallest absolute Gasteiger partial charge is 0.139 e. The Morgan fingerprint density at radius 2 is 1.88 bits per heavy atom. The predicted octanol–water partition coefficient (Wildman–Crippen LogP) is 3.62. The highest BCUT2D eigenvalue weighted by Crippen LogP contribution is 2.27. The van der Waals surface area contributed by atoms with Gasteiger partial charge in [-0.1, -0.05) is 48.9 Å². The second-order valence-corrected chi connectivity index (χ2v) is 4.17. The van der Waals surface area contributed by atoms with Crippen molar-refractivity contribution in [1.82, 2.24) is 6.15 Å². The maximum absolute atomic E-state index is 11.6. The van der Waals surface area contributed by atoms with Crippen molar-refractivity contribution in [1.29, 1.82) is 0 Å². The Morgan fingerprint density at radius 3 is 2.56 bits per heavy atom. The minimum Gasteiger partial charge on any atom is -0.344 e. The van der Waals surface area contributed by atoms with E-state index in [0.29, 0.717) is 5.78 Å². The van der Waals surface area contributed by atoms with Crippen LogP contribution in [0.25, 0.3) is 6.08 Å². The Kier molecular flexibility index (Phi) is 4.44. The summed E-state index contributed by atoms with van der Waals surface area (Å²) in [5.41, 5.74) is 2.49. The highest BCUT2D eigenvalue weighted by Gasteiger charge is 2.21. The standard InChI is InChI=1S/C14H16O.H3N/c1-11-13(8-5-9-14(11)15)10-12-6-3-2-4-7-12;/h2-4,6-7,10-11H,5,8-9H2,1H3;1H3. The lowest BCUT2D eigenvalue weighted by atomic mass is 9.83. The molecule has 0 radical (unpaired) electrons. The topological polar surface area (TPSA) is 52.1 Å². The second kappa shape index (κ2) is 5.61. The van der Waals surface area contributed by atoms with Crippen LogP contribution in [0.1, 0.15) is 31.7 Å². The van der Waals surface area contributed by atoms with Gasteiger partial charge in [-0.05, 0) is 18.4 Å². The molecule has 2 nitrogen and oxygen atoms in total. The minimum atomic E-state index is 0. The Hall–Kier alpha value is -1.41. The SMILES string of the molecule is CC1C(=O)CCCC1=Cc1ccccc1.N. The van der Waals surface area contributed by atoms with Crippen LogP contribution in [-0.2, 0) is 4.79 Å². The van der Waals surface area contributed by atoms with Crippen LogP contribution in [0.15, 0.2) is 35.9 Å². The summed E-state index contributed by atoms with van der Waals surface area (Å²) in [5, 5.41) is 0. The van der Waals surface area contributed by atoms with Gasteiger partial charge in [0.25, 0.3) is 0 Å². The fourth-order valence-electron chi connectivity index (χ4n) is 2.07. The lowest BCUT2D eigenvalue weighted by Crippen LogP contribution is -2.18. The van der Waals surface area contributed by atoms with Gasteiger partial charge in [-0.2, -0.15) is 0 Å². The normalized spacial score (nSPS) is 22.9. The second-order valence-electron chi connectivity index (χ2n) is 4.17. The average molecular weight is 217 g/mol. The van der Waals surface area contributed by atoms with Gasteiger partial charge < -0.3 is 6.15 Å². The molecule has 1 unspecified atom stereocenters. The largest absolute Gasteiger partial charge is 0.344 e. The molecule has 0 amide bonds. The van der Waals surface area contributed by atoms with Gasteiger partial charge in [-0.3, -0.25) is 4.79 Å². The van der Waals surface area contributed by atoms with Crippen LogP contribution in [0, 0.1) is 5.92 Å². The predicted molar refractivity (Wildman–Crippen MR) is 67.5 cm³/mol.